The lowest BCUT2D eigenvalue weighted by molar-refractivity contribution is -0.385. The zero-order valence-electron chi connectivity index (χ0n) is 14.5. The largest absolute Gasteiger partial charge is 0.350 e. The Hall–Kier alpha value is -3.46. The van der Waals surface area contributed by atoms with Crippen LogP contribution in [-0.4, -0.2) is 40.0 Å². The number of nitro benzene ring substituents is 1. The van der Waals surface area contributed by atoms with Crippen molar-refractivity contribution in [1.29, 1.82) is 0 Å². The molecule has 0 radical (unpaired) electrons. The molecule has 1 aliphatic heterocycles. The Bertz CT molecular complexity index is 975. The number of carbonyl (C=O) groups excluding carboxylic acids is 3. The second-order valence-corrected chi connectivity index (χ2v) is 6.77. The van der Waals surface area contributed by atoms with E-state index in [9.17, 15) is 24.5 Å². The quantitative estimate of drug-likeness (QED) is 0.456. The van der Waals surface area contributed by atoms with Crippen molar-refractivity contribution in [3.8, 4) is 0 Å². The number of carbonyl (C=O) groups is 3. The topological polar surface area (TPSA) is 110 Å². The lowest BCUT2D eigenvalue weighted by Gasteiger charge is -2.13. The highest BCUT2D eigenvalue weighted by atomic mass is 32.2. The maximum atomic E-state index is 12.4. The summed E-state index contributed by atoms with van der Waals surface area (Å²) in [4.78, 5) is 48.4. The van der Waals surface area contributed by atoms with Crippen LogP contribution < -0.4 is 5.32 Å². The van der Waals surface area contributed by atoms with Crippen LogP contribution in [0.25, 0.3) is 6.08 Å². The molecule has 28 heavy (non-hydrogen) atoms. The Morgan fingerprint density at radius 1 is 1.11 bits per heavy atom. The maximum Gasteiger partial charge on any atom is 0.293 e. The van der Waals surface area contributed by atoms with E-state index in [1.54, 1.807) is 6.08 Å². The summed E-state index contributed by atoms with van der Waals surface area (Å²) in [5, 5.41) is 13.1. The van der Waals surface area contributed by atoms with Crippen LogP contribution in [0.4, 0.5) is 10.5 Å². The Labute approximate surface area is 164 Å². The molecule has 142 valence electrons. The molecule has 0 aliphatic carbocycles. The van der Waals surface area contributed by atoms with E-state index in [1.807, 2.05) is 30.3 Å². The van der Waals surface area contributed by atoms with Gasteiger partial charge >= 0.3 is 0 Å². The minimum atomic E-state index is -0.640. The number of benzene rings is 2. The van der Waals surface area contributed by atoms with Gasteiger partial charge in [0, 0.05) is 19.2 Å². The molecule has 2 aromatic carbocycles. The molecule has 1 heterocycles. The van der Waals surface area contributed by atoms with Gasteiger partial charge < -0.3 is 5.32 Å². The fourth-order valence-corrected chi connectivity index (χ4v) is 3.46. The summed E-state index contributed by atoms with van der Waals surface area (Å²) < 4.78 is 0. The zero-order valence-corrected chi connectivity index (χ0v) is 15.3. The molecular formula is C19H15N3O5S. The molecule has 1 aliphatic rings. The van der Waals surface area contributed by atoms with E-state index in [1.165, 1.54) is 24.3 Å². The summed E-state index contributed by atoms with van der Waals surface area (Å²) in [6.07, 6.45) is 1.64. The maximum absolute atomic E-state index is 12.4. The number of hydrogen-bond acceptors (Lipinski definition) is 6. The van der Waals surface area contributed by atoms with Crippen molar-refractivity contribution >= 4 is 40.6 Å². The molecule has 9 heteroatoms. The highest BCUT2D eigenvalue weighted by Gasteiger charge is 2.34. The highest BCUT2D eigenvalue weighted by molar-refractivity contribution is 8.18. The predicted molar refractivity (Wildman–Crippen MR) is 105 cm³/mol. The number of amides is 3. The van der Waals surface area contributed by atoms with E-state index in [0.717, 1.165) is 22.2 Å². The fraction of sp³-hybridized carbons (Fsp3) is 0.105. The number of para-hydroxylation sites is 1. The first-order valence-electron chi connectivity index (χ1n) is 8.29. The average Bonchev–Trinajstić information content (AvgIpc) is 2.96. The molecule has 2 aromatic rings. The third-order valence-electron chi connectivity index (χ3n) is 3.94. The van der Waals surface area contributed by atoms with Crippen molar-refractivity contribution in [3.05, 3.63) is 80.7 Å². The minimum Gasteiger partial charge on any atom is -0.350 e. The van der Waals surface area contributed by atoms with Crippen molar-refractivity contribution in [1.82, 2.24) is 10.2 Å². The SMILES string of the molecule is O=C(NCCN1C(=O)SC(=Cc2ccccc2)C1=O)c1ccccc1[N+](=O)[O-]. The molecule has 0 bridgehead atoms. The van der Waals surface area contributed by atoms with Gasteiger partial charge in [-0.3, -0.25) is 29.4 Å². The van der Waals surface area contributed by atoms with Crippen LogP contribution in [0.2, 0.25) is 0 Å². The van der Waals surface area contributed by atoms with Crippen molar-refractivity contribution in [3.63, 3.8) is 0 Å². The average molecular weight is 397 g/mol. The van der Waals surface area contributed by atoms with Gasteiger partial charge in [0.1, 0.15) is 5.56 Å². The number of hydrogen-bond donors (Lipinski definition) is 1. The lowest BCUT2D eigenvalue weighted by atomic mass is 10.1. The van der Waals surface area contributed by atoms with Crippen LogP contribution in [0.15, 0.2) is 59.5 Å². The Morgan fingerprint density at radius 3 is 2.50 bits per heavy atom. The molecule has 1 saturated heterocycles. The first kappa shape index (κ1) is 19.3. The van der Waals surface area contributed by atoms with E-state index < -0.39 is 22.0 Å². The number of rotatable bonds is 6. The van der Waals surface area contributed by atoms with Crippen LogP contribution in [0.3, 0.4) is 0 Å². The van der Waals surface area contributed by atoms with Crippen molar-refractivity contribution in [2.24, 2.45) is 0 Å². The van der Waals surface area contributed by atoms with Crippen LogP contribution >= 0.6 is 11.8 Å². The van der Waals surface area contributed by atoms with Crippen molar-refractivity contribution in [2.45, 2.75) is 0 Å². The van der Waals surface area contributed by atoms with E-state index in [2.05, 4.69) is 5.32 Å². The van der Waals surface area contributed by atoms with Crippen LogP contribution in [0.1, 0.15) is 15.9 Å². The summed E-state index contributed by atoms with van der Waals surface area (Å²) >= 11 is 0.835. The third kappa shape index (κ3) is 4.26. The molecule has 0 aromatic heterocycles. The monoisotopic (exact) mass is 397 g/mol. The van der Waals surface area contributed by atoms with Gasteiger partial charge in [-0.1, -0.05) is 42.5 Å². The molecule has 0 spiro atoms. The van der Waals surface area contributed by atoms with Crippen LogP contribution in [0, 0.1) is 10.1 Å². The second-order valence-electron chi connectivity index (χ2n) is 5.77. The number of nitrogens with one attached hydrogen (secondary N) is 1. The summed E-state index contributed by atoms with van der Waals surface area (Å²) in [7, 11) is 0. The van der Waals surface area contributed by atoms with Crippen molar-refractivity contribution in [2.75, 3.05) is 13.1 Å². The Morgan fingerprint density at radius 2 is 1.79 bits per heavy atom. The normalized spacial score (nSPS) is 15.1. The highest BCUT2D eigenvalue weighted by Crippen LogP contribution is 2.31. The summed E-state index contributed by atoms with van der Waals surface area (Å²) in [5.74, 6) is -1.07. The Kier molecular flexibility index (Phi) is 5.85. The van der Waals surface area contributed by atoms with Gasteiger partial charge in [0.2, 0.25) is 0 Å². The first-order chi connectivity index (χ1) is 13.5. The molecule has 0 unspecified atom stereocenters. The van der Waals surface area contributed by atoms with Gasteiger partial charge in [-0.05, 0) is 29.5 Å². The zero-order chi connectivity index (χ0) is 20.1. The number of nitro groups is 1. The van der Waals surface area contributed by atoms with E-state index in [4.69, 9.17) is 0 Å². The van der Waals surface area contributed by atoms with E-state index in [0.29, 0.717) is 4.91 Å². The van der Waals surface area contributed by atoms with Gasteiger partial charge in [-0.15, -0.1) is 0 Å². The van der Waals surface area contributed by atoms with Crippen molar-refractivity contribution < 1.29 is 19.3 Å². The van der Waals surface area contributed by atoms with Gasteiger partial charge in [0.25, 0.3) is 22.7 Å². The predicted octanol–water partition coefficient (Wildman–Crippen LogP) is 3.06. The molecule has 1 fully saturated rings. The van der Waals surface area contributed by atoms with E-state index in [-0.39, 0.29) is 24.3 Å². The molecular weight excluding hydrogens is 382 g/mol. The molecule has 8 nitrogen and oxygen atoms in total. The van der Waals surface area contributed by atoms with Crippen LogP contribution in [0.5, 0.6) is 0 Å². The summed E-state index contributed by atoms with van der Waals surface area (Å²) in [6.45, 7) is -0.0370. The van der Waals surface area contributed by atoms with E-state index >= 15 is 0 Å². The molecule has 1 N–H and O–H groups in total. The van der Waals surface area contributed by atoms with Gasteiger partial charge in [-0.25, -0.2) is 0 Å². The van der Waals surface area contributed by atoms with Gasteiger partial charge in [-0.2, -0.15) is 0 Å². The molecule has 3 amide bonds. The summed E-state index contributed by atoms with van der Waals surface area (Å²) in [6, 6.07) is 14.7. The Balaban J connectivity index is 1.62. The van der Waals surface area contributed by atoms with Crippen LogP contribution in [-0.2, 0) is 4.79 Å². The lowest BCUT2D eigenvalue weighted by Crippen LogP contribution is -2.37. The number of nitrogens with zero attached hydrogens (tertiary/aromatic N) is 2. The van der Waals surface area contributed by atoms with Gasteiger partial charge in [0.05, 0.1) is 9.83 Å². The number of imide groups is 1. The standard InChI is InChI=1S/C19H15N3O5S/c23-17(14-8-4-5-9-15(14)22(26)27)20-10-11-21-18(24)16(28-19(21)25)12-13-6-2-1-3-7-13/h1-9,12H,10-11H2,(H,20,23). The molecule has 0 saturated carbocycles. The third-order valence-corrected chi connectivity index (χ3v) is 4.84. The minimum absolute atomic E-state index is 0.0124. The van der Waals surface area contributed by atoms with Gasteiger partial charge in [0.15, 0.2) is 0 Å². The molecule has 0 atom stereocenters. The smallest absolute Gasteiger partial charge is 0.293 e. The number of thioether (sulfide) groups is 1. The summed E-state index contributed by atoms with van der Waals surface area (Å²) in [5.41, 5.74) is 0.417. The molecule has 3 rings (SSSR count). The second kappa shape index (κ2) is 8.49. The fourth-order valence-electron chi connectivity index (χ4n) is 2.59. The first-order valence-corrected chi connectivity index (χ1v) is 9.11.